The van der Waals surface area contributed by atoms with Gasteiger partial charge in [-0.1, -0.05) is 72.9 Å². The van der Waals surface area contributed by atoms with Crippen molar-refractivity contribution >= 4 is 6.09 Å². The Morgan fingerprint density at radius 1 is 1.00 bits per heavy atom. The zero-order valence-corrected chi connectivity index (χ0v) is 20.8. The molecule has 0 heterocycles. The third-order valence-corrected chi connectivity index (χ3v) is 5.22. The molecule has 0 aliphatic heterocycles. The van der Waals surface area contributed by atoms with E-state index in [1.807, 2.05) is 19.1 Å². The van der Waals surface area contributed by atoms with Crippen molar-refractivity contribution in [3.63, 3.8) is 0 Å². The Balaban J connectivity index is 2.33. The maximum Gasteiger partial charge on any atom is 0.407 e. The van der Waals surface area contributed by atoms with Crippen LogP contribution in [0.25, 0.3) is 0 Å². The number of amides is 1. The lowest BCUT2D eigenvalue weighted by atomic mass is 9.76. The Morgan fingerprint density at radius 2 is 1.68 bits per heavy atom. The first-order valence-electron chi connectivity index (χ1n) is 11.9. The number of alkyl carbamates (subject to hydrolysis) is 1. The van der Waals surface area contributed by atoms with Gasteiger partial charge in [-0.3, -0.25) is 0 Å². The van der Waals surface area contributed by atoms with Crippen molar-refractivity contribution in [3.8, 4) is 5.75 Å². The zero-order valence-electron chi connectivity index (χ0n) is 20.8. The van der Waals surface area contributed by atoms with Gasteiger partial charge < -0.3 is 19.5 Å². The number of carbonyl (C=O) groups is 1. The average Bonchev–Trinajstić information content (AvgIpc) is 2.69. The van der Waals surface area contributed by atoms with Gasteiger partial charge in [-0.2, -0.15) is 0 Å². The zero-order chi connectivity index (χ0) is 23.3. The second kappa shape index (κ2) is 14.3. The molecule has 0 aliphatic carbocycles. The van der Waals surface area contributed by atoms with Gasteiger partial charge in [-0.05, 0) is 54.7 Å². The van der Waals surface area contributed by atoms with E-state index in [4.69, 9.17) is 14.2 Å². The third kappa shape index (κ3) is 12.6. The molecule has 0 saturated heterocycles. The van der Waals surface area contributed by atoms with Crippen LogP contribution in [0.5, 0.6) is 5.75 Å². The van der Waals surface area contributed by atoms with E-state index < -0.39 is 6.29 Å². The van der Waals surface area contributed by atoms with Crippen LogP contribution in [0.2, 0.25) is 0 Å². The van der Waals surface area contributed by atoms with E-state index in [9.17, 15) is 4.79 Å². The summed E-state index contributed by atoms with van der Waals surface area (Å²) in [5, 5.41) is 2.76. The molecular weight excluding hydrogens is 390 g/mol. The predicted octanol–water partition coefficient (Wildman–Crippen LogP) is 6.91. The van der Waals surface area contributed by atoms with Gasteiger partial charge in [0.05, 0.1) is 6.61 Å². The van der Waals surface area contributed by atoms with Gasteiger partial charge >= 0.3 is 6.09 Å². The number of hydrogen-bond acceptors (Lipinski definition) is 4. The summed E-state index contributed by atoms with van der Waals surface area (Å²) in [5.41, 5.74) is 1.64. The summed E-state index contributed by atoms with van der Waals surface area (Å²) in [4.78, 5) is 11.6. The summed E-state index contributed by atoms with van der Waals surface area (Å²) in [5.74, 6) is 1.89. The molecule has 0 aliphatic rings. The molecule has 1 N–H and O–H groups in total. The molecule has 1 aromatic rings. The van der Waals surface area contributed by atoms with Crippen LogP contribution in [0.15, 0.2) is 24.3 Å². The molecule has 0 saturated carbocycles. The molecule has 5 nitrogen and oxygen atoms in total. The fourth-order valence-corrected chi connectivity index (χ4v) is 3.56. The number of carbonyl (C=O) groups excluding carboxylic acids is 1. The summed E-state index contributed by atoms with van der Waals surface area (Å²) >= 11 is 0. The quantitative estimate of drug-likeness (QED) is 0.255. The van der Waals surface area contributed by atoms with Gasteiger partial charge in [0.15, 0.2) is 6.29 Å². The van der Waals surface area contributed by atoms with E-state index in [1.54, 1.807) is 0 Å². The van der Waals surface area contributed by atoms with Gasteiger partial charge in [0.25, 0.3) is 0 Å². The minimum atomic E-state index is -0.415. The molecule has 0 aromatic heterocycles. The van der Waals surface area contributed by atoms with Crippen LogP contribution in [0.1, 0.15) is 92.1 Å². The second-order valence-electron chi connectivity index (χ2n) is 9.86. The minimum absolute atomic E-state index is 0.205. The average molecular weight is 436 g/mol. The van der Waals surface area contributed by atoms with Crippen LogP contribution in [0, 0.1) is 11.3 Å². The van der Waals surface area contributed by atoms with Crippen molar-refractivity contribution in [2.45, 2.75) is 92.8 Å². The molecule has 1 amide bonds. The smallest absolute Gasteiger partial charge is 0.407 e. The fourth-order valence-electron chi connectivity index (χ4n) is 3.56. The van der Waals surface area contributed by atoms with Crippen molar-refractivity contribution in [1.82, 2.24) is 5.32 Å². The maximum absolute atomic E-state index is 11.6. The molecule has 1 rings (SSSR count). The van der Waals surface area contributed by atoms with E-state index in [1.165, 1.54) is 18.4 Å². The van der Waals surface area contributed by atoms with Crippen molar-refractivity contribution in [3.05, 3.63) is 29.8 Å². The van der Waals surface area contributed by atoms with E-state index in [0.29, 0.717) is 30.4 Å². The Kier molecular flexibility index (Phi) is 12.6. The number of benzene rings is 1. The SMILES string of the molecule is CCCCCCNC(=O)OCCOC(C)Oc1ccc(C(CC(C)(C)C)C(C)C)cc1. The number of nitrogens with one attached hydrogen (secondary N) is 1. The van der Waals surface area contributed by atoms with Crippen molar-refractivity contribution < 1.29 is 19.0 Å². The lowest BCUT2D eigenvalue weighted by Crippen LogP contribution is -2.27. The van der Waals surface area contributed by atoms with Crippen LogP contribution in [0.4, 0.5) is 4.79 Å². The number of unbranched alkanes of at least 4 members (excludes halogenated alkanes) is 3. The van der Waals surface area contributed by atoms with E-state index in [-0.39, 0.29) is 12.7 Å². The summed E-state index contributed by atoms with van der Waals surface area (Å²) in [7, 11) is 0. The van der Waals surface area contributed by atoms with E-state index in [2.05, 4.69) is 59.0 Å². The molecule has 0 bridgehead atoms. The monoisotopic (exact) mass is 435 g/mol. The number of ether oxygens (including phenoxy) is 3. The third-order valence-electron chi connectivity index (χ3n) is 5.22. The lowest BCUT2D eigenvalue weighted by molar-refractivity contribution is -0.0770. The highest BCUT2D eigenvalue weighted by Gasteiger charge is 2.23. The Bertz CT molecular complexity index is 607. The molecule has 5 heteroatoms. The second-order valence-corrected chi connectivity index (χ2v) is 9.86. The minimum Gasteiger partial charge on any atom is -0.465 e. The normalized spacial score (nSPS) is 13.7. The first kappa shape index (κ1) is 27.3. The molecule has 0 fully saturated rings. The van der Waals surface area contributed by atoms with Crippen molar-refractivity contribution in [1.29, 1.82) is 0 Å². The molecule has 178 valence electrons. The van der Waals surface area contributed by atoms with Gasteiger partial charge in [-0.15, -0.1) is 0 Å². The topological polar surface area (TPSA) is 56.8 Å². The standard InChI is InChI=1S/C26H45NO4/c1-8-9-10-11-16-27-25(28)30-18-17-29-21(4)31-23-14-12-22(13-15-23)24(20(2)3)19-26(5,6)7/h12-15,20-21,24H,8-11,16-19H2,1-7H3,(H,27,28). The molecule has 0 radical (unpaired) electrons. The summed E-state index contributed by atoms with van der Waals surface area (Å²) in [6, 6.07) is 8.34. The van der Waals surface area contributed by atoms with Crippen molar-refractivity contribution in [2.24, 2.45) is 11.3 Å². The first-order chi connectivity index (χ1) is 14.6. The molecule has 31 heavy (non-hydrogen) atoms. The van der Waals surface area contributed by atoms with Gasteiger partial charge in [-0.25, -0.2) is 4.79 Å². The molecule has 0 spiro atoms. The highest BCUT2D eigenvalue weighted by molar-refractivity contribution is 5.66. The number of rotatable bonds is 14. The molecule has 1 aromatic carbocycles. The molecule has 2 unspecified atom stereocenters. The van der Waals surface area contributed by atoms with Gasteiger partial charge in [0.2, 0.25) is 0 Å². The van der Waals surface area contributed by atoms with E-state index >= 15 is 0 Å². The Morgan fingerprint density at radius 3 is 2.26 bits per heavy atom. The first-order valence-corrected chi connectivity index (χ1v) is 11.9. The summed E-state index contributed by atoms with van der Waals surface area (Å²) in [6.07, 6.45) is 4.84. The highest BCUT2D eigenvalue weighted by Crippen LogP contribution is 2.36. The van der Waals surface area contributed by atoms with Gasteiger partial charge in [0, 0.05) is 6.54 Å². The molecular formula is C26H45NO4. The highest BCUT2D eigenvalue weighted by atomic mass is 16.7. The van der Waals surface area contributed by atoms with E-state index in [0.717, 1.165) is 25.0 Å². The van der Waals surface area contributed by atoms with Gasteiger partial charge in [0.1, 0.15) is 12.4 Å². The van der Waals surface area contributed by atoms with Crippen LogP contribution in [-0.2, 0) is 9.47 Å². The van der Waals surface area contributed by atoms with Crippen LogP contribution in [-0.4, -0.2) is 32.1 Å². The number of hydrogen-bond donors (Lipinski definition) is 1. The van der Waals surface area contributed by atoms with Crippen LogP contribution >= 0.6 is 0 Å². The van der Waals surface area contributed by atoms with Crippen LogP contribution < -0.4 is 10.1 Å². The summed E-state index contributed by atoms with van der Waals surface area (Å²) < 4.78 is 16.6. The predicted molar refractivity (Wildman–Crippen MR) is 128 cm³/mol. The fraction of sp³-hybridized carbons (Fsp3) is 0.731. The van der Waals surface area contributed by atoms with Crippen LogP contribution in [0.3, 0.4) is 0 Å². The largest absolute Gasteiger partial charge is 0.465 e. The lowest BCUT2D eigenvalue weighted by Gasteiger charge is -2.29. The van der Waals surface area contributed by atoms with Crippen molar-refractivity contribution in [2.75, 3.05) is 19.8 Å². The maximum atomic E-state index is 11.6. The Hall–Kier alpha value is -1.75. The molecule has 2 atom stereocenters. The summed E-state index contributed by atoms with van der Waals surface area (Å²) in [6.45, 7) is 16.6. The Labute approximate surface area is 190 Å².